The third kappa shape index (κ3) is 1.72. The molecule has 16 heavy (non-hydrogen) atoms. The minimum absolute atomic E-state index is 0.303. The van der Waals surface area contributed by atoms with Crippen molar-refractivity contribution in [3.8, 4) is 0 Å². The van der Waals surface area contributed by atoms with Crippen molar-refractivity contribution >= 4 is 33.7 Å². The molecule has 5 heteroatoms. The zero-order chi connectivity index (χ0) is 11.7. The summed E-state index contributed by atoms with van der Waals surface area (Å²) >= 11 is 5.42. The summed E-state index contributed by atoms with van der Waals surface area (Å²) in [6.07, 6.45) is 1.46. The van der Waals surface area contributed by atoms with Crippen molar-refractivity contribution in [2.45, 2.75) is 13.0 Å². The van der Waals surface area contributed by atoms with Gasteiger partial charge in [0.15, 0.2) is 11.8 Å². The molecule has 0 saturated heterocycles. The van der Waals surface area contributed by atoms with Gasteiger partial charge < -0.3 is 4.57 Å². The van der Waals surface area contributed by atoms with E-state index in [1.165, 1.54) is 17.8 Å². The summed E-state index contributed by atoms with van der Waals surface area (Å²) in [6.45, 7) is 1.33. The van der Waals surface area contributed by atoms with Gasteiger partial charge in [-0.2, -0.15) is 0 Å². The van der Waals surface area contributed by atoms with Gasteiger partial charge in [0, 0.05) is 0 Å². The van der Waals surface area contributed by atoms with E-state index in [1.807, 2.05) is 18.2 Å². The van der Waals surface area contributed by atoms with Gasteiger partial charge in [0.2, 0.25) is 0 Å². The summed E-state index contributed by atoms with van der Waals surface area (Å²) in [5.41, 5.74) is 1.45. The fourth-order valence-electron chi connectivity index (χ4n) is 1.65. The van der Waals surface area contributed by atoms with Gasteiger partial charge in [-0.25, -0.2) is 4.98 Å². The van der Waals surface area contributed by atoms with Crippen LogP contribution in [0.15, 0.2) is 30.6 Å². The molecule has 0 N–H and O–H groups in total. The molecule has 2 rings (SSSR count). The lowest BCUT2D eigenvalue weighted by molar-refractivity contribution is -0.126. The number of hydrogen-bond acceptors (Lipinski definition) is 3. The molecule has 0 radical (unpaired) electrons. The van der Waals surface area contributed by atoms with Crippen LogP contribution in [0.25, 0.3) is 11.0 Å². The highest BCUT2D eigenvalue weighted by Crippen LogP contribution is 2.20. The predicted octanol–water partition coefficient (Wildman–Crippen LogP) is 1.93. The number of nitrogens with zero attached hydrogens (tertiary/aromatic N) is 2. The Bertz CT molecular complexity index is 548. The third-order valence-electron chi connectivity index (χ3n) is 2.36. The Kier molecular flexibility index (Phi) is 2.75. The van der Waals surface area contributed by atoms with Crippen molar-refractivity contribution in [2.24, 2.45) is 0 Å². The van der Waals surface area contributed by atoms with Gasteiger partial charge in [-0.15, -0.1) is 0 Å². The number of para-hydroxylation sites is 2. The lowest BCUT2D eigenvalue weighted by Crippen LogP contribution is -2.21. The van der Waals surface area contributed by atoms with Crippen LogP contribution in [0.3, 0.4) is 0 Å². The Hall–Kier alpha value is -1.68. The average molecular weight is 237 g/mol. The number of ketones is 1. The number of carbonyl (C=O) groups excluding carboxylic acids is 2. The highest BCUT2D eigenvalue weighted by Gasteiger charge is 2.24. The number of benzene rings is 1. The van der Waals surface area contributed by atoms with E-state index < -0.39 is 11.3 Å². The standard InChI is InChI=1S/C11H9ClN2O2/c1-7(15)10(11(12)16)14-6-13-8-4-2-3-5-9(8)14/h2-6,10H,1H3. The number of fused-ring (bicyclic) bond motifs is 1. The first-order valence-corrected chi connectivity index (χ1v) is 5.10. The molecule has 1 heterocycles. The number of Topliss-reactive ketones (excluding diaryl/α,β-unsaturated/α-hetero) is 1. The lowest BCUT2D eigenvalue weighted by Gasteiger charge is -2.11. The fraction of sp³-hybridized carbons (Fsp3) is 0.182. The molecular formula is C11H9ClN2O2. The van der Waals surface area contributed by atoms with Crippen LogP contribution in [0.5, 0.6) is 0 Å². The van der Waals surface area contributed by atoms with Crippen LogP contribution in [-0.2, 0) is 9.59 Å². The molecule has 1 unspecified atom stereocenters. The summed E-state index contributed by atoms with van der Waals surface area (Å²) in [6, 6.07) is 6.26. The number of rotatable bonds is 3. The second-order valence-corrected chi connectivity index (χ2v) is 3.83. The first kappa shape index (κ1) is 10.8. The quantitative estimate of drug-likeness (QED) is 0.604. The summed E-state index contributed by atoms with van der Waals surface area (Å²) in [7, 11) is 0. The second-order valence-electron chi connectivity index (χ2n) is 3.46. The molecule has 0 spiro atoms. The molecule has 0 bridgehead atoms. The minimum atomic E-state index is -0.992. The lowest BCUT2D eigenvalue weighted by atomic mass is 10.2. The van der Waals surface area contributed by atoms with E-state index in [-0.39, 0.29) is 5.78 Å². The van der Waals surface area contributed by atoms with Gasteiger partial charge in [-0.1, -0.05) is 12.1 Å². The van der Waals surface area contributed by atoms with Gasteiger partial charge in [0.1, 0.15) is 0 Å². The van der Waals surface area contributed by atoms with Crippen molar-refractivity contribution in [3.63, 3.8) is 0 Å². The Balaban J connectivity index is 2.61. The maximum absolute atomic E-state index is 11.4. The normalized spacial score (nSPS) is 12.6. The van der Waals surface area contributed by atoms with E-state index in [0.29, 0.717) is 0 Å². The van der Waals surface area contributed by atoms with Gasteiger partial charge in [0.25, 0.3) is 5.24 Å². The molecule has 1 aromatic heterocycles. The largest absolute Gasteiger partial charge is 0.311 e. The Morgan fingerprint density at radius 1 is 1.38 bits per heavy atom. The number of hydrogen-bond donors (Lipinski definition) is 0. The molecule has 0 fully saturated rings. The Morgan fingerprint density at radius 2 is 2.06 bits per heavy atom. The van der Waals surface area contributed by atoms with E-state index >= 15 is 0 Å². The maximum Gasteiger partial charge on any atom is 0.252 e. The molecule has 0 aliphatic heterocycles. The van der Waals surface area contributed by atoms with Crippen LogP contribution in [0.2, 0.25) is 0 Å². The summed E-state index contributed by atoms with van der Waals surface area (Å²) < 4.78 is 1.49. The van der Waals surface area contributed by atoms with Crippen LogP contribution < -0.4 is 0 Å². The molecule has 0 saturated carbocycles. The third-order valence-corrected chi connectivity index (χ3v) is 2.57. The number of imidazole rings is 1. The van der Waals surface area contributed by atoms with Crippen LogP contribution in [-0.4, -0.2) is 20.6 Å². The summed E-state index contributed by atoms with van der Waals surface area (Å²) in [5.74, 6) is -0.303. The highest BCUT2D eigenvalue weighted by molar-refractivity contribution is 6.66. The predicted molar refractivity (Wildman–Crippen MR) is 60.3 cm³/mol. The Labute approximate surface area is 96.8 Å². The van der Waals surface area contributed by atoms with Gasteiger partial charge >= 0.3 is 0 Å². The van der Waals surface area contributed by atoms with Crippen molar-refractivity contribution in [1.82, 2.24) is 9.55 Å². The topological polar surface area (TPSA) is 52.0 Å². The van der Waals surface area contributed by atoms with Crippen molar-refractivity contribution in [2.75, 3.05) is 0 Å². The average Bonchev–Trinajstić information content (AvgIpc) is 2.61. The summed E-state index contributed by atoms with van der Waals surface area (Å²) in [5, 5.41) is -0.698. The van der Waals surface area contributed by atoms with Crippen molar-refractivity contribution in [3.05, 3.63) is 30.6 Å². The monoisotopic (exact) mass is 236 g/mol. The van der Waals surface area contributed by atoms with Crippen LogP contribution >= 0.6 is 11.6 Å². The molecule has 2 aromatic rings. The molecule has 0 aliphatic carbocycles. The minimum Gasteiger partial charge on any atom is -0.311 e. The van der Waals surface area contributed by atoms with Crippen LogP contribution in [0, 0.1) is 0 Å². The first-order chi connectivity index (χ1) is 7.61. The maximum atomic E-state index is 11.4. The van der Waals surface area contributed by atoms with Crippen LogP contribution in [0.4, 0.5) is 0 Å². The van der Waals surface area contributed by atoms with Gasteiger partial charge in [-0.3, -0.25) is 9.59 Å². The van der Waals surface area contributed by atoms with Crippen molar-refractivity contribution in [1.29, 1.82) is 0 Å². The zero-order valence-corrected chi connectivity index (χ0v) is 9.31. The molecule has 1 aromatic carbocycles. The van der Waals surface area contributed by atoms with E-state index in [4.69, 9.17) is 11.6 Å². The number of carbonyl (C=O) groups is 2. The zero-order valence-electron chi connectivity index (χ0n) is 8.55. The van der Waals surface area contributed by atoms with Gasteiger partial charge in [-0.05, 0) is 30.7 Å². The number of aromatic nitrogens is 2. The molecular weight excluding hydrogens is 228 g/mol. The first-order valence-electron chi connectivity index (χ1n) is 4.72. The van der Waals surface area contributed by atoms with E-state index in [1.54, 1.807) is 6.07 Å². The number of halogens is 1. The Morgan fingerprint density at radius 3 is 2.69 bits per heavy atom. The van der Waals surface area contributed by atoms with E-state index in [9.17, 15) is 9.59 Å². The molecule has 0 aliphatic rings. The molecule has 82 valence electrons. The van der Waals surface area contributed by atoms with Crippen molar-refractivity contribution < 1.29 is 9.59 Å². The molecule has 4 nitrogen and oxygen atoms in total. The molecule has 0 amide bonds. The van der Waals surface area contributed by atoms with Crippen LogP contribution in [0.1, 0.15) is 13.0 Å². The SMILES string of the molecule is CC(=O)C(C(=O)Cl)n1cnc2ccccc21. The smallest absolute Gasteiger partial charge is 0.252 e. The summed E-state index contributed by atoms with van der Waals surface area (Å²) in [4.78, 5) is 26.7. The second kappa shape index (κ2) is 4.06. The van der Waals surface area contributed by atoms with Gasteiger partial charge in [0.05, 0.1) is 17.4 Å². The van der Waals surface area contributed by atoms with E-state index in [2.05, 4.69) is 4.98 Å². The molecule has 1 atom stereocenters. The fourth-order valence-corrected chi connectivity index (χ4v) is 1.91. The highest BCUT2D eigenvalue weighted by atomic mass is 35.5. The van der Waals surface area contributed by atoms with E-state index in [0.717, 1.165) is 11.0 Å².